The maximum Gasteiger partial charge on any atom is 0.229 e. The van der Waals surface area contributed by atoms with Crippen molar-refractivity contribution in [2.75, 3.05) is 13.2 Å². The quantitative estimate of drug-likeness (QED) is 0.355. The Balaban J connectivity index is 1.58. The van der Waals surface area contributed by atoms with Gasteiger partial charge in [-0.1, -0.05) is 12.1 Å². The van der Waals surface area contributed by atoms with Gasteiger partial charge in [-0.2, -0.15) is 0 Å². The zero-order valence-corrected chi connectivity index (χ0v) is 17.6. The average molecular weight is 460 g/mol. The molecule has 0 aliphatic carbocycles. The Kier molecular flexibility index (Phi) is 6.54. The molecule has 1 fully saturated rings. The molecule has 10 nitrogen and oxygen atoms in total. The summed E-state index contributed by atoms with van der Waals surface area (Å²) < 4.78 is 21.8. The van der Waals surface area contributed by atoms with Crippen molar-refractivity contribution in [3.8, 4) is 28.4 Å². The smallest absolute Gasteiger partial charge is 0.229 e. The first-order valence-corrected chi connectivity index (χ1v) is 10.3. The number of hydrogen-bond donors (Lipinski definition) is 5. The van der Waals surface area contributed by atoms with Crippen LogP contribution in [0.1, 0.15) is 6.92 Å². The van der Waals surface area contributed by atoms with Gasteiger partial charge in [-0.3, -0.25) is 4.79 Å². The number of phenolic OH excluding ortho intramolecular Hbond substituents is 1. The number of fused-ring (bicyclic) bond motifs is 1. The van der Waals surface area contributed by atoms with Gasteiger partial charge in [0.25, 0.3) is 0 Å². The monoisotopic (exact) mass is 460 g/mol. The Labute approximate surface area is 187 Å². The van der Waals surface area contributed by atoms with E-state index in [0.717, 1.165) is 0 Å². The molecule has 176 valence electrons. The Morgan fingerprint density at radius 1 is 1.00 bits per heavy atom. The van der Waals surface area contributed by atoms with Gasteiger partial charge >= 0.3 is 0 Å². The fourth-order valence-electron chi connectivity index (χ4n) is 3.67. The van der Waals surface area contributed by atoms with Crippen LogP contribution in [0.4, 0.5) is 0 Å². The van der Waals surface area contributed by atoms with E-state index in [9.17, 15) is 30.3 Å². The molecule has 0 spiro atoms. The predicted octanol–water partition coefficient (Wildman–Crippen LogP) is 0.743. The molecule has 10 heteroatoms. The second kappa shape index (κ2) is 9.38. The van der Waals surface area contributed by atoms with Crippen molar-refractivity contribution in [1.82, 2.24) is 0 Å². The van der Waals surface area contributed by atoms with Gasteiger partial charge in [0.15, 0.2) is 0 Å². The highest BCUT2D eigenvalue weighted by Gasteiger charge is 2.44. The number of rotatable bonds is 6. The number of ether oxygens (including phenoxy) is 3. The molecule has 0 unspecified atom stereocenters. The fourth-order valence-corrected chi connectivity index (χ4v) is 3.67. The largest absolute Gasteiger partial charge is 0.507 e. The van der Waals surface area contributed by atoms with Gasteiger partial charge in [0.2, 0.25) is 11.7 Å². The normalized spacial score (nSPS) is 25.2. The average Bonchev–Trinajstić information content (AvgIpc) is 2.80. The highest BCUT2D eigenvalue weighted by molar-refractivity contribution is 5.88. The van der Waals surface area contributed by atoms with Crippen LogP contribution in [-0.2, 0) is 4.74 Å². The molecular weight excluding hydrogens is 436 g/mol. The van der Waals surface area contributed by atoms with Gasteiger partial charge in [-0.25, -0.2) is 0 Å². The van der Waals surface area contributed by atoms with Crippen LogP contribution < -0.4 is 14.9 Å². The molecule has 1 aliphatic heterocycles. The molecular formula is C23H24O10. The molecule has 1 aliphatic rings. The molecule has 4 rings (SSSR count). The minimum absolute atomic E-state index is 0.0256. The molecule has 0 saturated carbocycles. The molecule has 2 aromatic carbocycles. The van der Waals surface area contributed by atoms with Gasteiger partial charge in [0, 0.05) is 12.1 Å². The van der Waals surface area contributed by atoms with E-state index in [4.69, 9.17) is 18.6 Å². The second-order valence-electron chi connectivity index (χ2n) is 7.57. The third-order valence-electron chi connectivity index (χ3n) is 5.41. The van der Waals surface area contributed by atoms with E-state index in [0.29, 0.717) is 17.9 Å². The zero-order valence-electron chi connectivity index (χ0n) is 17.6. The van der Waals surface area contributed by atoms with Crippen molar-refractivity contribution in [3.63, 3.8) is 0 Å². The molecule has 0 bridgehead atoms. The van der Waals surface area contributed by atoms with Crippen molar-refractivity contribution in [1.29, 1.82) is 0 Å². The molecule has 1 aromatic heterocycles. The Hall–Kier alpha value is -3.15. The van der Waals surface area contributed by atoms with E-state index in [1.165, 1.54) is 30.5 Å². The van der Waals surface area contributed by atoms with Crippen LogP contribution in [0.15, 0.2) is 51.9 Å². The molecule has 0 amide bonds. The maximum atomic E-state index is 13.0. The van der Waals surface area contributed by atoms with E-state index >= 15 is 0 Å². The number of phenols is 1. The van der Waals surface area contributed by atoms with Crippen molar-refractivity contribution >= 4 is 11.0 Å². The predicted molar refractivity (Wildman–Crippen MR) is 115 cm³/mol. The zero-order chi connectivity index (χ0) is 23.7. The number of benzene rings is 2. The molecule has 5 N–H and O–H groups in total. The van der Waals surface area contributed by atoms with E-state index in [-0.39, 0.29) is 28.0 Å². The molecule has 0 radical (unpaired) electrons. The summed E-state index contributed by atoms with van der Waals surface area (Å²) in [6, 6.07) is 9.05. The standard InChI is InChI=1S/C23H24O10/c1-2-30-13-7-15(25)18-16(8-13)31-10-14(19(18)26)11-3-5-12(6-4-11)32-23-22(29)21(28)20(27)17(9-24)33-23/h3-8,10,17,20-25,27-29H,2,9H2,1H3/t17-,20-,21+,22+,23-/m1/s1. The number of aromatic hydroxyl groups is 1. The number of aliphatic hydroxyl groups is 4. The third kappa shape index (κ3) is 4.39. The van der Waals surface area contributed by atoms with E-state index in [1.54, 1.807) is 19.1 Å². The number of hydrogen-bond acceptors (Lipinski definition) is 10. The van der Waals surface area contributed by atoms with Crippen molar-refractivity contribution in [2.45, 2.75) is 37.6 Å². The minimum atomic E-state index is -1.56. The summed E-state index contributed by atoms with van der Waals surface area (Å²) in [6.07, 6.45) is -5.72. The van der Waals surface area contributed by atoms with Crippen molar-refractivity contribution in [2.24, 2.45) is 0 Å². The summed E-state index contributed by atoms with van der Waals surface area (Å²) in [4.78, 5) is 13.0. The van der Waals surface area contributed by atoms with Crippen molar-refractivity contribution < 1.29 is 44.2 Å². The van der Waals surface area contributed by atoms with Gasteiger partial charge in [0.1, 0.15) is 58.9 Å². The third-order valence-corrected chi connectivity index (χ3v) is 5.41. The topological polar surface area (TPSA) is 159 Å². The minimum Gasteiger partial charge on any atom is -0.507 e. The second-order valence-corrected chi connectivity index (χ2v) is 7.57. The van der Waals surface area contributed by atoms with Crippen LogP contribution in [0, 0.1) is 0 Å². The van der Waals surface area contributed by atoms with Gasteiger partial charge in [-0.05, 0) is 24.6 Å². The summed E-state index contributed by atoms with van der Waals surface area (Å²) in [7, 11) is 0. The van der Waals surface area contributed by atoms with Gasteiger partial charge in [-0.15, -0.1) is 0 Å². The lowest BCUT2D eigenvalue weighted by Crippen LogP contribution is -2.60. The summed E-state index contributed by atoms with van der Waals surface area (Å²) in [6.45, 7) is 1.62. The van der Waals surface area contributed by atoms with Gasteiger partial charge < -0.3 is 44.2 Å². The summed E-state index contributed by atoms with van der Waals surface area (Å²) in [5.41, 5.74) is 0.454. The lowest BCUT2D eigenvalue weighted by atomic mass is 9.99. The SMILES string of the molecule is CCOc1cc(O)c2c(=O)c(-c3ccc(O[C@@H]4O[C@H](CO)[C@@H](O)[C@H](O)[C@@H]4O)cc3)coc2c1. The summed E-state index contributed by atoms with van der Waals surface area (Å²) in [5.74, 6) is 0.375. The molecule has 2 heterocycles. The van der Waals surface area contributed by atoms with E-state index < -0.39 is 42.7 Å². The van der Waals surface area contributed by atoms with Crippen LogP contribution in [0.5, 0.6) is 17.2 Å². The summed E-state index contributed by atoms with van der Waals surface area (Å²) >= 11 is 0. The first-order chi connectivity index (χ1) is 15.8. The van der Waals surface area contributed by atoms with Crippen LogP contribution in [0.3, 0.4) is 0 Å². The van der Waals surface area contributed by atoms with Crippen LogP contribution >= 0.6 is 0 Å². The Morgan fingerprint density at radius 3 is 2.39 bits per heavy atom. The van der Waals surface area contributed by atoms with E-state index in [2.05, 4.69) is 0 Å². The molecule has 33 heavy (non-hydrogen) atoms. The fraction of sp³-hybridized carbons (Fsp3) is 0.348. The number of aliphatic hydroxyl groups excluding tert-OH is 4. The lowest BCUT2D eigenvalue weighted by Gasteiger charge is -2.39. The van der Waals surface area contributed by atoms with Crippen LogP contribution in [0.2, 0.25) is 0 Å². The lowest BCUT2D eigenvalue weighted by molar-refractivity contribution is -0.277. The van der Waals surface area contributed by atoms with Crippen LogP contribution in [-0.4, -0.2) is 69.5 Å². The maximum absolute atomic E-state index is 13.0. The van der Waals surface area contributed by atoms with Crippen LogP contribution in [0.25, 0.3) is 22.1 Å². The van der Waals surface area contributed by atoms with E-state index in [1.807, 2.05) is 0 Å². The first-order valence-electron chi connectivity index (χ1n) is 10.3. The highest BCUT2D eigenvalue weighted by atomic mass is 16.7. The molecule has 5 atom stereocenters. The first kappa shape index (κ1) is 23.0. The highest BCUT2D eigenvalue weighted by Crippen LogP contribution is 2.31. The van der Waals surface area contributed by atoms with Crippen molar-refractivity contribution in [3.05, 3.63) is 52.9 Å². The molecule has 1 saturated heterocycles. The molecule has 3 aromatic rings. The Morgan fingerprint density at radius 2 is 1.73 bits per heavy atom. The van der Waals surface area contributed by atoms with Gasteiger partial charge in [0.05, 0.1) is 18.8 Å². The summed E-state index contributed by atoms with van der Waals surface area (Å²) in [5, 5.41) is 49.5. The Bertz CT molecular complexity index is 1170.